The Morgan fingerprint density at radius 2 is 2.21 bits per heavy atom. The van der Waals surface area contributed by atoms with E-state index in [4.69, 9.17) is 10.5 Å². The fraction of sp³-hybridized carbons (Fsp3) is 0.417. The van der Waals surface area contributed by atoms with Gasteiger partial charge >= 0.3 is 0 Å². The van der Waals surface area contributed by atoms with E-state index in [1.807, 2.05) is 0 Å². The van der Waals surface area contributed by atoms with Gasteiger partial charge in [0.2, 0.25) is 0 Å². The van der Waals surface area contributed by atoms with Gasteiger partial charge in [0, 0.05) is 25.7 Å². The molecule has 1 heterocycles. The second-order valence-corrected chi connectivity index (χ2v) is 4.10. The minimum Gasteiger partial charge on any atom is -0.373 e. The summed E-state index contributed by atoms with van der Waals surface area (Å²) in [7, 11) is 0. The molecule has 0 aliphatic carbocycles. The molecule has 7 heteroatoms. The summed E-state index contributed by atoms with van der Waals surface area (Å²) in [4.78, 5) is 13.5. The highest BCUT2D eigenvalue weighted by atomic mass is 35.5. The molecule has 1 unspecified atom stereocenters. The van der Waals surface area contributed by atoms with Gasteiger partial charge in [-0.15, -0.1) is 12.4 Å². The van der Waals surface area contributed by atoms with Crippen LogP contribution in [0.5, 0.6) is 0 Å². The number of nitrogens with two attached hydrogens (primary N) is 1. The van der Waals surface area contributed by atoms with Gasteiger partial charge in [0.05, 0.1) is 18.3 Å². The van der Waals surface area contributed by atoms with Gasteiger partial charge in [0.15, 0.2) is 0 Å². The summed E-state index contributed by atoms with van der Waals surface area (Å²) >= 11 is 0. The Bertz CT molecular complexity index is 459. The number of nitrogens with zero attached hydrogens (tertiary/aromatic N) is 1. The number of carbonyl (C=O) groups excluding carboxylic acids is 1. The number of hydrogen-bond donors (Lipinski definition) is 1. The van der Waals surface area contributed by atoms with Gasteiger partial charge in [-0.2, -0.15) is 0 Å². The third-order valence-electron chi connectivity index (χ3n) is 2.85. The second kappa shape index (κ2) is 6.79. The van der Waals surface area contributed by atoms with Crippen molar-refractivity contribution in [1.82, 2.24) is 4.90 Å². The van der Waals surface area contributed by atoms with E-state index in [0.29, 0.717) is 32.3 Å². The standard InChI is InChI=1S/C12H14F2N2O2.ClH/c13-8-1-2-10(11(14)5-8)12(17)16-3-4-18-9(6-15)7-16;/h1-2,5,9H,3-4,6-7,15H2;1H. The van der Waals surface area contributed by atoms with Crippen molar-refractivity contribution in [3.8, 4) is 0 Å². The van der Waals surface area contributed by atoms with Crippen molar-refractivity contribution in [1.29, 1.82) is 0 Å². The Balaban J connectivity index is 0.00000180. The van der Waals surface area contributed by atoms with Crippen molar-refractivity contribution in [3.05, 3.63) is 35.4 Å². The number of rotatable bonds is 2. The number of amides is 1. The van der Waals surface area contributed by atoms with Crippen molar-refractivity contribution in [2.75, 3.05) is 26.2 Å². The van der Waals surface area contributed by atoms with Gasteiger partial charge in [-0.05, 0) is 12.1 Å². The summed E-state index contributed by atoms with van der Waals surface area (Å²) in [5.41, 5.74) is 5.34. The lowest BCUT2D eigenvalue weighted by atomic mass is 10.1. The molecule has 2 N–H and O–H groups in total. The van der Waals surface area contributed by atoms with Crippen LogP contribution in [-0.2, 0) is 4.74 Å². The quantitative estimate of drug-likeness (QED) is 0.891. The number of morpholine rings is 1. The molecule has 106 valence electrons. The molecule has 1 aliphatic heterocycles. The van der Waals surface area contributed by atoms with Crippen molar-refractivity contribution >= 4 is 18.3 Å². The summed E-state index contributed by atoms with van der Waals surface area (Å²) in [5.74, 6) is -2.02. The summed E-state index contributed by atoms with van der Waals surface area (Å²) in [6, 6.07) is 2.92. The molecule has 1 amide bonds. The zero-order chi connectivity index (χ0) is 13.1. The molecule has 4 nitrogen and oxygen atoms in total. The number of hydrogen-bond acceptors (Lipinski definition) is 3. The number of carbonyl (C=O) groups is 1. The fourth-order valence-corrected chi connectivity index (χ4v) is 1.88. The third kappa shape index (κ3) is 3.62. The summed E-state index contributed by atoms with van der Waals surface area (Å²) in [6.45, 7) is 1.38. The van der Waals surface area contributed by atoms with Crippen LogP contribution in [0.3, 0.4) is 0 Å². The lowest BCUT2D eigenvalue weighted by molar-refractivity contribution is -0.0169. The minimum absolute atomic E-state index is 0. The van der Waals surface area contributed by atoms with E-state index >= 15 is 0 Å². The lowest BCUT2D eigenvalue weighted by Crippen LogP contribution is -2.48. The molecule has 0 aromatic heterocycles. The Labute approximate surface area is 115 Å². The maximum absolute atomic E-state index is 13.5. The van der Waals surface area contributed by atoms with Gasteiger partial charge in [-0.3, -0.25) is 4.79 Å². The first-order valence-corrected chi connectivity index (χ1v) is 5.68. The molecule has 1 aliphatic rings. The average Bonchev–Trinajstić information content (AvgIpc) is 2.38. The topological polar surface area (TPSA) is 55.6 Å². The van der Waals surface area contributed by atoms with Crippen LogP contribution in [0.1, 0.15) is 10.4 Å². The number of halogens is 3. The molecule has 1 fully saturated rings. The molecule has 1 aromatic carbocycles. The van der Waals surface area contributed by atoms with E-state index in [1.165, 1.54) is 4.90 Å². The van der Waals surface area contributed by atoms with Gasteiger partial charge in [-0.1, -0.05) is 0 Å². The van der Waals surface area contributed by atoms with Crippen LogP contribution in [0, 0.1) is 11.6 Å². The maximum Gasteiger partial charge on any atom is 0.257 e. The Kier molecular flexibility index (Phi) is 5.65. The van der Waals surface area contributed by atoms with Gasteiger partial charge < -0.3 is 15.4 Å². The van der Waals surface area contributed by atoms with Crippen LogP contribution in [0.15, 0.2) is 18.2 Å². The molecule has 0 saturated carbocycles. The van der Waals surface area contributed by atoms with Crippen LogP contribution in [0.2, 0.25) is 0 Å². The average molecular weight is 293 g/mol. The molecular weight excluding hydrogens is 278 g/mol. The van der Waals surface area contributed by atoms with Crippen molar-refractivity contribution in [2.45, 2.75) is 6.10 Å². The summed E-state index contributed by atoms with van der Waals surface area (Å²) in [6.07, 6.45) is -0.230. The van der Waals surface area contributed by atoms with Gasteiger partial charge in [-0.25, -0.2) is 8.78 Å². The van der Waals surface area contributed by atoms with E-state index in [2.05, 4.69) is 0 Å². The van der Waals surface area contributed by atoms with Crippen LogP contribution in [-0.4, -0.2) is 43.2 Å². The van der Waals surface area contributed by atoms with E-state index in [1.54, 1.807) is 0 Å². The van der Waals surface area contributed by atoms with Gasteiger partial charge in [0.1, 0.15) is 11.6 Å². The third-order valence-corrected chi connectivity index (χ3v) is 2.85. The number of benzene rings is 1. The van der Waals surface area contributed by atoms with Crippen molar-refractivity contribution < 1.29 is 18.3 Å². The Hall–Kier alpha value is -1.24. The molecule has 1 saturated heterocycles. The normalized spacial score (nSPS) is 18.9. The van der Waals surface area contributed by atoms with Crippen LogP contribution in [0.25, 0.3) is 0 Å². The first-order chi connectivity index (χ1) is 8.61. The molecule has 0 radical (unpaired) electrons. The maximum atomic E-state index is 13.5. The second-order valence-electron chi connectivity index (χ2n) is 4.10. The fourth-order valence-electron chi connectivity index (χ4n) is 1.88. The zero-order valence-electron chi connectivity index (χ0n) is 10.1. The van der Waals surface area contributed by atoms with Crippen LogP contribution >= 0.6 is 12.4 Å². The van der Waals surface area contributed by atoms with Crippen molar-refractivity contribution in [2.24, 2.45) is 5.73 Å². The van der Waals surface area contributed by atoms with Crippen LogP contribution < -0.4 is 5.73 Å². The monoisotopic (exact) mass is 292 g/mol. The first kappa shape index (κ1) is 15.8. The lowest BCUT2D eigenvalue weighted by Gasteiger charge is -2.32. The highest BCUT2D eigenvalue weighted by molar-refractivity contribution is 5.94. The Morgan fingerprint density at radius 1 is 1.47 bits per heavy atom. The molecule has 1 atom stereocenters. The SMILES string of the molecule is Cl.NCC1CN(C(=O)c2ccc(F)cc2F)CCO1. The predicted octanol–water partition coefficient (Wildman–Crippen LogP) is 1.19. The minimum atomic E-state index is -0.851. The number of ether oxygens (including phenoxy) is 1. The first-order valence-electron chi connectivity index (χ1n) is 5.68. The highest BCUT2D eigenvalue weighted by Gasteiger charge is 2.25. The molecule has 1 aromatic rings. The molecule has 19 heavy (non-hydrogen) atoms. The largest absolute Gasteiger partial charge is 0.373 e. The summed E-state index contributed by atoms with van der Waals surface area (Å²) < 4.78 is 31.6. The molecular formula is C12H15ClF2N2O2. The molecule has 0 bridgehead atoms. The van der Waals surface area contributed by atoms with Crippen molar-refractivity contribution in [3.63, 3.8) is 0 Å². The zero-order valence-corrected chi connectivity index (χ0v) is 11.0. The van der Waals surface area contributed by atoms with E-state index in [9.17, 15) is 13.6 Å². The Morgan fingerprint density at radius 3 is 2.84 bits per heavy atom. The molecule has 0 spiro atoms. The summed E-state index contributed by atoms with van der Waals surface area (Å²) in [5, 5.41) is 0. The van der Waals surface area contributed by atoms with E-state index < -0.39 is 17.5 Å². The predicted molar refractivity (Wildman–Crippen MR) is 68.3 cm³/mol. The highest BCUT2D eigenvalue weighted by Crippen LogP contribution is 2.14. The smallest absolute Gasteiger partial charge is 0.257 e. The molecule has 2 rings (SSSR count). The van der Waals surface area contributed by atoms with E-state index in [-0.39, 0.29) is 24.1 Å². The van der Waals surface area contributed by atoms with Gasteiger partial charge in [0.25, 0.3) is 5.91 Å². The van der Waals surface area contributed by atoms with Crippen LogP contribution in [0.4, 0.5) is 8.78 Å². The van der Waals surface area contributed by atoms with E-state index in [0.717, 1.165) is 12.1 Å².